The molecule has 0 spiro atoms. The Labute approximate surface area is 97.3 Å². The summed E-state index contributed by atoms with van der Waals surface area (Å²) in [5, 5.41) is 0.164. The second kappa shape index (κ2) is 4.47. The largest absolute Gasteiger partial charge is 0.353 e. The fourth-order valence-corrected chi connectivity index (χ4v) is 1.70. The van der Waals surface area contributed by atoms with Crippen LogP contribution in [-0.2, 0) is 6.54 Å². The summed E-state index contributed by atoms with van der Waals surface area (Å²) in [6.07, 6.45) is 0. The topological polar surface area (TPSA) is 60.9 Å². The molecule has 0 aliphatic heterocycles. The van der Waals surface area contributed by atoms with Crippen LogP contribution in [0.5, 0.6) is 0 Å². The van der Waals surface area contributed by atoms with Crippen LogP contribution in [0, 0.1) is 0 Å². The highest BCUT2D eigenvalue weighted by atomic mass is 35.5. The van der Waals surface area contributed by atoms with Gasteiger partial charge in [-0.05, 0) is 18.2 Å². The lowest BCUT2D eigenvalue weighted by molar-refractivity contribution is 0.818. The zero-order valence-corrected chi connectivity index (χ0v) is 9.19. The standard InChI is InChI=1S/C11H10ClN3O/c12-10-6-9(7-13)15(11(16)14-10)8-4-2-1-3-5-8/h1-6H,7,13H2. The minimum atomic E-state index is -0.417. The minimum absolute atomic E-state index is 0.164. The van der Waals surface area contributed by atoms with Gasteiger partial charge in [0.1, 0.15) is 5.15 Å². The van der Waals surface area contributed by atoms with Gasteiger partial charge >= 0.3 is 5.69 Å². The van der Waals surface area contributed by atoms with E-state index < -0.39 is 5.69 Å². The van der Waals surface area contributed by atoms with Crippen LogP contribution < -0.4 is 11.4 Å². The summed E-state index contributed by atoms with van der Waals surface area (Å²) in [7, 11) is 0. The van der Waals surface area contributed by atoms with E-state index in [0.717, 1.165) is 5.69 Å². The smallest absolute Gasteiger partial charge is 0.325 e. The molecule has 16 heavy (non-hydrogen) atoms. The summed E-state index contributed by atoms with van der Waals surface area (Å²) in [6.45, 7) is 0.229. The van der Waals surface area contributed by atoms with Crippen LogP contribution in [0.15, 0.2) is 41.2 Å². The van der Waals surface area contributed by atoms with Crippen molar-refractivity contribution in [2.45, 2.75) is 6.54 Å². The number of hydrogen-bond donors (Lipinski definition) is 1. The molecule has 1 aromatic carbocycles. The van der Waals surface area contributed by atoms with Crippen molar-refractivity contribution in [1.29, 1.82) is 0 Å². The zero-order valence-electron chi connectivity index (χ0n) is 8.43. The summed E-state index contributed by atoms with van der Waals surface area (Å²) < 4.78 is 1.45. The molecule has 0 radical (unpaired) electrons. The molecular weight excluding hydrogens is 226 g/mol. The average molecular weight is 236 g/mol. The van der Waals surface area contributed by atoms with Crippen LogP contribution >= 0.6 is 11.6 Å². The summed E-state index contributed by atoms with van der Waals surface area (Å²) in [5.74, 6) is 0. The number of benzene rings is 1. The van der Waals surface area contributed by atoms with Crippen LogP contribution in [0.3, 0.4) is 0 Å². The monoisotopic (exact) mass is 235 g/mol. The predicted molar refractivity (Wildman–Crippen MR) is 62.7 cm³/mol. The van der Waals surface area contributed by atoms with Crippen LogP contribution in [-0.4, -0.2) is 9.55 Å². The lowest BCUT2D eigenvalue weighted by Gasteiger charge is -2.10. The normalized spacial score (nSPS) is 10.4. The molecule has 0 unspecified atom stereocenters. The lowest BCUT2D eigenvalue weighted by atomic mass is 10.3. The second-order valence-electron chi connectivity index (χ2n) is 3.23. The second-order valence-corrected chi connectivity index (χ2v) is 3.62. The van der Waals surface area contributed by atoms with Gasteiger partial charge in [0.2, 0.25) is 0 Å². The highest BCUT2D eigenvalue weighted by molar-refractivity contribution is 6.29. The first kappa shape index (κ1) is 10.9. The maximum absolute atomic E-state index is 11.7. The van der Waals surface area contributed by atoms with E-state index >= 15 is 0 Å². The van der Waals surface area contributed by atoms with Gasteiger partial charge in [0, 0.05) is 12.2 Å². The Kier molecular flexibility index (Phi) is 3.03. The van der Waals surface area contributed by atoms with E-state index in [4.69, 9.17) is 17.3 Å². The summed E-state index contributed by atoms with van der Waals surface area (Å²) in [6, 6.07) is 10.8. The number of halogens is 1. The van der Waals surface area contributed by atoms with Crippen molar-refractivity contribution in [3.05, 3.63) is 57.7 Å². The Balaban J connectivity index is 2.69. The van der Waals surface area contributed by atoms with Crippen molar-refractivity contribution in [3.63, 3.8) is 0 Å². The van der Waals surface area contributed by atoms with Crippen molar-refractivity contribution in [2.24, 2.45) is 5.73 Å². The van der Waals surface area contributed by atoms with Crippen LogP contribution in [0.4, 0.5) is 0 Å². The van der Waals surface area contributed by atoms with Crippen molar-refractivity contribution < 1.29 is 0 Å². The summed E-state index contributed by atoms with van der Waals surface area (Å²) in [4.78, 5) is 15.4. The SMILES string of the molecule is NCc1cc(Cl)nc(=O)n1-c1ccccc1. The van der Waals surface area contributed by atoms with E-state index in [9.17, 15) is 4.79 Å². The molecule has 0 saturated heterocycles. The number of hydrogen-bond acceptors (Lipinski definition) is 3. The molecule has 1 aromatic heterocycles. The van der Waals surface area contributed by atoms with Crippen molar-refractivity contribution in [2.75, 3.05) is 0 Å². The molecule has 2 N–H and O–H groups in total. The van der Waals surface area contributed by atoms with Crippen molar-refractivity contribution in [1.82, 2.24) is 9.55 Å². The Morgan fingerprint density at radius 1 is 1.31 bits per heavy atom. The average Bonchev–Trinajstić information content (AvgIpc) is 2.29. The van der Waals surface area contributed by atoms with Gasteiger partial charge in [-0.2, -0.15) is 4.98 Å². The van der Waals surface area contributed by atoms with Crippen LogP contribution in [0.25, 0.3) is 5.69 Å². The molecule has 0 bridgehead atoms. The maximum atomic E-state index is 11.7. The molecule has 0 atom stereocenters. The molecule has 5 heteroatoms. The first-order valence-corrected chi connectivity index (χ1v) is 5.14. The summed E-state index contributed by atoms with van der Waals surface area (Å²) >= 11 is 5.71. The highest BCUT2D eigenvalue weighted by Gasteiger charge is 2.07. The fraction of sp³-hybridized carbons (Fsp3) is 0.0909. The molecule has 2 aromatic rings. The quantitative estimate of drug-likeness (QED) is 0.800. The van der Waals surface area contributed by atoms with Crippen molar-refractivity contribution >= 4 is 11.6 Å². The third-order valence-corrected chi connectivity index (χ3v) is 2.38. The third-order valence-electron chi connectivity index (χ3n) is 2.19. The van der Waals surface area contributed by atoms with E-state index in [1.54, 1.807) is 6.07 Å². The van der Waals surface area contributed by atoms with Crippen molar-refractivity contribution in [3.8, 4) is 5.69 Å². The van der Waals surface area contributed by atoms with Gasteiger partial charge in [-0.3, -0.25) is 4.57 Å². The van der Waals surface area contributed by atoms with Gasteiger partial charge < -0.3 is 5.73 Å². The van der Waals surface area contributed by atoms with Gasteiger partial charge in [-0.15, -0.1) is 0 Å². The van der Waals surface area contributed by atoms with E-state index in [1.165, 1.54) is 4.57 Å². The molecule has 4 nitrogen and oxygen atoms in total. The van der Waals surface area contributed by atoms with Crippen LogP contribution in [0.2, 0.25) is 5.15 Å². The molecule has 0 aliphatic carbocycles. The first-order chi connectivity index (χ1) is 7.72. The number of nitrogens with zero attached hydrogens (tertiary/aromatic N) is 2. The van der Waals surface area contributed by atoms with Gasteiger partial charge in [-0.25, -0.2) is 4.79 Å². The zero-order chi connectivity index (χ0) is 11.5. The predicted octanol–water partition coefficient (Wildman–Crippen LogP) is 1.34. The molecule has 0 amide bonds. The third kappa shape index (κ3) is 1.98. The molecule has 0 aliphatic rings. The number of rotatable bonds is 2. The highest BCUT2D eigenvalue weighted by Crippen LogP contribution is 2.10. The summed E-state index contributed by atoms with van der Waals surface area (Å²) in [5.41, 5.74) is 6.53. The fourth-order valence-electron chi connectivity index (χ4n) is 1.50. The van der Waals surface area contributed by atoms with Crippen LogP contribution in [0.1, 0.15) is 5.69 Å². The number of para-hydroxylation sites is 1. The lowest BCUT2D eigenvalue weighted by Crippen LogP contribution is -2.25. The van der Waals surface area contributed by atoms with E-state index in [2.05, 4.69) is 4.98 Å². The number of aromatic nitrogens is 2. The maximum Gasteiger partial charge on any atom is 0.353 e. The molecule has 0 saturated carbocycles. The number of nitrogens with two attached hydrogens (primary N) is 1. The van der Waals surface area contributed by atoms with Gasteiger partial charge in [-0.1, -0.05) is 29.8 Å². The molecule has 82 valence electrons. The van der Waals surface area contributed by atoms with Gasteiger partial charge in [0.15, 0.2) is 0 Å². The first-order valence-electron chi connectivity index (χ1n) is 4.76. The Morgan fingerprint density at radius 2 is 2.00 bits per heavy atom. The van der Waals surface area contributed by atoms with E-state index in [1.807, 2.05) is 30.3 Å². The van der Waals surface area contributed by atoms with Gasteiger partial charge in [0.05, 0.1) is 5.69 Å². The van der Waals surface area contributed by atoms with Gasteiger partial charge in [0.25, 0.3) is 0 Å². The molecule has 2 rings (SSSR count). The molecular formula is C11H10ClN3O. The Hall–Kier alpha value is -1.65. The Bertz CT molecular complexity index is 551. The molecule has 0 fully saturated rings. The van der Waals surface area contributed by atoms with E-state index in [0.29, 0.717) is 5.69 Å². The molecule has 1 heterocycles. The van der Waals surface area contributed by atoms with E-state index in [-0.39, 0.29) is 11.7 Å². The Morgan fingerprint density at radius 3 is 2.62 bits per heavy atom. The minimum Gasteiger partial charge on any atom is -0.325 e.